The molecule has 8 atom stereocenters. The van der Waals surface area contributed by atoms with E-state index >= 15 is 0 Å². The number of aliphatic hydroxyl groups is 1. The van der Waals surface area contributed by atoms with Crippen LogP contribution in [0.1, 0.15) is 71.6 Å². The van der Waals surface area contributed by atoms with Crippen molar-refractivity contribution in [2.75, 3.05) is 5.33 Å². The van der Waals surface area contributed by atoms with E-state index in [1.807, 2.05) is 0 Å². The minimum absolute atomic E-state index is 0.0547. The highest BCUT2D eigenvalue weighted by Gasteiger charge is 2.60. The third-order valence-electron chi connectivity index (χ3n) is 9.16. The molecule has 0 aromatic carbocycles. The zero-order valence-electron chi connectivity index (χ0n) is 15.3. The number of fused-ring (bicyclic) bond motifs is 5. The average Bonchev–Trinajstić information content (AvgIpc) is 2.92. The molecule has 4 aliphatic carbocycles. The molecule has 136 valence electrons. The summed E-state index contributed by atoms with van der Waals surface area (Å²) >= 11 is 3.42. The number of carbonyl (C=O) groups excluding carboxylic acids is 1. The van der Waals surface area contributed by atoms with Gasteiger partial charge in [-0.3, -0.25) is 4.79 Å². The molecule has 2 nitrogen and oxygen atoms in total. The van der Waals surface area contributed by atoms with Gasteiger partial charge in [0.2, 0.25) is 0 Å². The van der Waals surface area contributed by atoms with Crippen LogP contribution in [-0.2, 0) is 4.79 Å². The highest BCUT2D eigenvalue weighted by atomic mass is 79.9. The zero-order chi connectivity index (χ0) is 17.1. The number of alkyl halides is 1. The Morgan fingerprint density at radius 3 is 2.46 bits per heavy atom. The van der Waals surface area contributed by atoms with Gasteiger partial charge in [0.25, 0.3) is 0 Å². The summed E-state index contributed by atoms with van der Waals surface area (Å²) in [5.74, 6) is 3.88. The number of aliphatic hydroxyl groups excluding tert-OH is 1. The Morgan fingerprint density at radius 2 is 1.71 bits per heavy atom. The Bertz CT molecular complexity index is 520. The van der Waals surface area contributed by atoms with Crippen molar-refractivity contribution in [3.63, 3.8) is 0 Å². The van der Waals surface area contributed by atoms with Crippen molar-refractivity contribution < 1.29 is 9.90 Å². The lowest BCUT2D eigenvalue weighted by Gasteiger charge is -2.60. The van der Waals surface area contributed by atoms with Gasteiger partial charge in [-0.1, -0.05) is 29.8 Å². The van der Waals surface area contributed by atoms with E-state index in [1.54, 1.807) is 0 Å². The fraction of sp³-hybridized carbons (Fsp3) is 0.952. The molecule has 4 rings (SSSR count). The summed E-state index contributed by atoms with van der Waals surface area (Å²) in [7, 11) is 0. The van der Waals surface area contributed by atoms with E-state index in [4.69, 9.17) is 0 Å². The molecule has 0 bridgehead atoms. The standard InChI is InChI=1S/C21H33BrO2/c1-20-9-7-14(23)11-13(20)3-4-15-16-5-6-18(19(24)12-22)21(16,2)10-8-17(15)20/h13-18,23H,3-12H2,1-2H3/t13-,14+,15+,16+,17-,18-,20-,21+/m1/s1. The molecule has 4 saturated carbocycles. The molecule has 0 aliphatic heterocycles. The fourth-order valence-electron chi connectivity index (χ4n) is 7.86. The molecule has 0 unspecified atom stereocenters. The van der Waals surface area contributed by atoms with Crippen LogP contribution in [0.4, 0.5) is 0 Å². The average molecular weight is 397 g/mol. The smallest absolute Gasteiger partial charge is 0.147 e. The maximum atomic E-state index is 12.5. The van der Waals surface area contributed by atoms with Crippen LogP contribution >= 0.6 is 15.9 Å². The molecule has 4 fully saturated rings. The molecule has 24 heavy (non-hydrogen) atoms. The number of ketones is 1. The van der Waals surface area contributed by atoms with E-state index < -0.39 is 0 Å². The Balaban J connectivity index is 1.60. The number of carbonyl (C=O) groups is 1. The monoisotopic (exact) mass is 396 g/mol. The quantitative estimate of drug-likeness (QED) is 0.668. The van der Waals surface area contributed by atoms with Crippen molar-refractivity contribution in [1.29, 1.82) is 0 Å². The lowest BCUT2D eigenvalue weighted by molar-refractivity contribution is -0.138. The van der Waals surface area contributed by atoms with Crippen molar-refractivity contribution in [3.05, 3.63) is 0 Å². The topological polar surface area (TPSA) is 37.3 Å². The molecule has 0 amide bonds. The van der Waals surface area contributed by atoms with Gasteiger partial charge in [0, 0.05) is 5.92 Å². The van der Waals surface area contributed by atoms with Crippen LogP contribution in [0.2, 0.25) is 0 Å². The van der Waals surface area contributed by atoms with E-state index in [1.165, 1.54) is 38.5 Å². The number of hydrogen-bond acceptors (Lipinski definition) is 2. The SMILES string of the molecule is C[C@@]12CC[C@H](O)C[C@H]1CC[C@@H]1[C@H]2CC[C@]2(C)[C@@H](C(=O)CBr)CC[C@@H]12. The second-order valence-corrected chi connectivity index (χ2v) is 10.4. The van der Waals surface area contributed by atoms with Gasteiger partial charge in [-0.25, -0.2) is 0 Å². The predicted octanol–water partition coefficient (Wildman–Crippen LogP) is 4.97. The molecule has 3 heteroatoms. The van der Waals surface area contributed by atoms with Crippen LogP contribution in [0.5, 0.6) is 0 Å². The Morgan fingerprint density at radius 1 is 1.00 bits per heavy atom. The van der Waals surface area contributed by atoms with Crippen LogP contribution in [-0.4, -0.2) is 22.3 Å². The summed E-state index contributed by atoms with van der Waals surface area (Å²) in [5, 5.41) is 10.7. The molecule has 0 heterocycles. The Kier molecular flexibility index (Phi) is 4.44. The summed E-state index contributed by atoms with van der Waals surface area (Å²) in [6, 6.07) is 0. The maximum absolute atomic E-state index is 12.5. The predicted molar refractivity (Wildman–Crippen MR) is 100 cm³/mol. The second kappa shape index (κ2) is 6.08. The molecular weight excluding hydrogens is 364 g/mol. The number of Topliss-reactive ketones (excluding diaryl/α,β-unsaturated/α-hetero) is 1. The first-order valence-corrected chi connectivity index (χ1v) is 11.3. The first kappa shape index (κ1) is 17.5. The Labute approximate surface area is 155 Å². The largest absolute Gasteiger partial charge is 0.393 e. The van der Waals surface area contributed by atoms with Gasteiger partial charge in [0.05, 0.1) is 11.4 Å². The van der Waals surface area contributed by atoms with Crippen LogP contribution in [0.15, 0.2) is 0 Å². The van der Waals surface area contributed by atoms with Gasteiger partial charge in [-0.2, -0.15) is 0 Å². The third-order valence-corrected chi connectivity index (χ3v) is 9.71. The minimum atomic E-state index is -0.0547. The summed E-state index contributed by atoms with van der Waals surface area (Å²) in [4.78, 5) is 12.5. The highest BCUT2D eigenvalue weighted by molar-refractivity contribution is 9.09. The van der Waals surface area contributed by atoms with Gasteiger partial charge >= 0.3 is 0 Å². The molecule has 4 aliphatic rings. The maximum Gasteiger partial charge on any atom is 0.147 e. The molecule has 0 spiro atoms. The number of rotatable bonds is 2. The Hall–Kier alpha value is 0.110. The molecule has 0 aromatic heterocycles. The van der Waals surface area contributed by atoms with Crippen molar-refractivity contribution in [2.45, 2.75) is 77.7 Å². The van der Waals surface area contributed by atoms with E-state index in [2.05, 4.69) is 29.8 Å². The van der Waals surface area contributed by atoms with Crippen molar-refractivity contribution >= 4 is 21.7 Å². The lowest BCUT2D eigenvalue weighted by Crippen LogP contribution is -2.54. The number of hydrogen-bond donors (Lipinski definition) is 1. The van der Waals surface area contributed by atoms with Gasteiger partial charge < -0.3 is 5.11 Å². The summed E-state index contributed by atoms with van der Waals surface area (Å²) in [5.41, 5.74) is 0.699. The summed E-state index contributed by atoms with van der Waals surface area (Å²) in [6.45, 7) is 4.98. The zero-order valence-corrected chi connectivity index (χ0v) is 16.9. The molecular formula is C21H33BrO2. The van der Waals surface area contributed by atoms with Crippen LogP contribution in [0.25, 0.3) is 0 Å². The van der Waals surface area contributed by atoms with Crippen molar-refractivity contribution in [1.82, 2.24) is 0 Å². The number of halogens is 1. The minimum Gasteiger partial charge on any atom is -0.393 e. The van der Waals surface area contributed by atoms with Crippen LogP contribution in [0, 0.1) is 40.4 Å². The van der Waals surface area contributed by atoms with E-state index in [-0.39, 0.29) is 11.5 Å². The van der Waals surface area contributed by atoms with Gasteiger partial charge in [0.1, 0.15) is 5.78 Å². The summed E-state index contributed by atoms with van der Waals surface area (Å²) in [6.07, 6.45) is 10.8. The van der Waals surface area contributed by atoms with Crippen LogP contribution in [0.3, 0.4) is 0 Å². The van der Waals surface area contributed by atoms with Gasteiger partial charge in [-0.15, -0.1) is 0 Å². The third kappa shape index (κ3) is 2.40. The van der Waals surface area contributed by atoms with Crippen LogP contribution < -0.4 is 0 Å². The highest BCUT2D eigenvalue weighted by Crippen LogP contribution is 2.67. The first-order valence-electron chi connectivity index (χ1n) is 10.2. The van der Waals surface area contributed by atoms with E-state index in [0.29, 0.717) is 22.4 Å². The molecule has 0 aromatic rings. The normalized spacial score (nSPS) is 53.8. The first-order chi connectivity index (χ1) is 11.4. The molecule has 1 N–H and O–H groups in total. The van der Waals surface area contributed by atoms with Gasteiger partial charge in [-0.05, 0) is 92.3 Å². The van der Waals surface area contributed by atoms with Gasteiger partial charge in [0.15, 0.2) is 0 Å². The molecule has 0 radical (unpaired) electrons. The second-order valence-electron chi connectivity index (χ2n) is 9.86. The molecule has 0 saturated heterocycles. The lowest BCUT2D eigenvalue weighted by atomic mass is 9.44. The van der Waals surface area contributed by atoms with E-state index in [0.717, 1.165) is 42.9 Å². The van der Waals surface area contributed by atoms with Crippen molar-refractivity contribution in [2.24, 2.45) is 40.4 Å². The van der Waals surface area contributed by atoms with E-state index in [9.17, 15) is 9.90 Å². The summed E-state index contributed by atoms with van der Waals surface area (Å²) < 4.78 is 0. The van der Waals surface area contributed by atoms with Crippen molar-refractivity contribution in [3.8, 4) is 0 Å². The fourth-order valence-corrected chi connectivity index (χ4v) is 8.25.